The predicted octanol–water partition coefficient (Wildman–Crippen LogP) is 2.48. The zero-order chi connectivity index (χ0) is 22.0. The van der Waals surface area contributed by atoms with Crippen molar-refractivity contribution in [1.82, 2.24) is 14.5 Å². The van der Waals surface area contributed by atoms with Crippen LogP contribution in [-0.4, -0.2) is 40.0 Å². The number of para-hydroxylation sites is 1. The van der Waals surface area contributed by atoms with Gasteiger partial charge < -0.3 is 14.1 Å². The van der Waals surface area contributed by atoms with Crippen molar-refractivity contribution < 1.29 is 23.1 Å². The number of hydrogen-bond acceptors (Lipinski definition) is 6. The Balaban J connectivity index is 1.38. The molecule has 31 heavy (non-hydrogen) atoms. The summed E-state index contributed by atoms with van der Waals surface area (Å²) in [6, 6.07) is 12.9. The van der Waals surface area contributed by atoms with Crippen LogP contribution in [0.3, 0.4) is 0 Å². The van der Waals surface area contributed by atoms with Gasteiger partial charge in [0.25, 0.3) is 11.5 Å². The van der Waals surface area contributed by atoms with Crippen LogP contribution in [0.2, 0.25) is 0 Å². The number of carbonyl (C=O) groups excluding carboxylic acids is 2. The summed E-state index contributed by atoms with van der Waals surface area (Å²) in [4.78, 5) is 42.5. The Labute approximate surface area is 175 Å². The molecule has 0 aliphatic heterocycles. The Bertz CT molecular complexity index is 1330. The molecule has 0 atom stereocenters. The van der Waals surface area contributed by atoms with Crippen molar-refractivity contribution in [3.05, 3.63) is 76.6 Å². The summed E-state index contributed by atoms with van der Waals surface area (Å²) >= 11 is 0. The molecule has 8 nitrogen and oxygen atoms in total. The second kappa shape index (κ2) is 8.39. The van der Waals surface area contributed by atoms with Crippen LogP contribution in [0.25, 0.3) is 22.1 Å². The quantitative estimate of drug-likeness (QED) is 0.442. The van der Waals surface area contributed by atoms with Crippen LogP contribution < -0.4 is 5.56 Å². The number of carbonyl (C=O) groups is 2. The molecule has 0 radical (unpaired) electrons. The fourth-order valence-electron chi connectivity index (χ4n) is 3.12. The molecular formula is C22H18FN3O5. The van der Waals surface area contributed by atoms with Gasteiger partial charge in [-0.2, -0.15) is 0 Å². The Morgan fingerprint density at radius 1 is 1.16 bits per heavy atom. The van der Waals surface area contributed by atoms with E-state index in [0.29, 0.717) is 16.5 Å². The number of benzene rings is 2. The van der Waals surface area contributed by atoms with Gasteiger partial charge in [-0.3, -0.25) is 19.0 Å². The van der Waals surface area contributed by atoms with E-state index < -0.39 is 30.6 Å². The average Bonchev–Trinajstić information content (AvgIpc) is 3.15. The molecule has 0 saturated heterocycles. The molecule has 0 N–H and O–H groups in total. The van der Waals surface area contributed by atoms with Crippen LogP contribution in [-0.2, 0) is 27.4 Å². The van der Waals surface area contributed by atoms with Crippen molar-refractivity contribution in [3.63, 3.8) is 0 Å². The Hall–Kier alpha value is -4.01. The van der Waals surface area contributed by atoms with Gasteiger partial charge in [-0.25, -0.2) is 9.37 Å². The first-order valence-electron chi connectivity index (χ1n) is 9.43. The van der Waals surface area contributed by atoms with Crippen LogP contribution in [0.15, 0.2) is 64.1 Å². The average molecular weight is 423 g/mol. The number of likely N-dealkylation sites (N-methyl/N-ethyl adjacent to an activating group) is 1. The van der Waals surface area contributed by atoms with Gasteiger partial charge in [0.05, 0.1) is 6.33 Å². The van der Waals surface area contributed by atoms with Crippen LogP contribution in [0, 0.1) is 5.82 Å². The van der Waals surface area contributed by atoms with Crippen molar-refractivity contribution in [3.8, 4) is 0 Å². The highest BCUT2D eigenvalue weighted by Crippen LogP contribution is 2.23. The van der Waals surface area contributed by atoms with E-state index >= 15 is 0 Å². The minimum atomic E-state index is -0.761. The Morgan fingerprint density at radius 2 is 1.90 bits per heavy atom. The molecule has 0 unspecified atom stereocenters. The number of furan rings is 1. The number of rotatable bonds is 6. The number of nitrogens with zero attached hydrogens (tertiary/aromatic N) is 3. The molecule has 1 amide bonds. The second-order valence-corrected chi connectivity index (χ2v) is 6.99. The summed E-state index contributed by atoms with van der Waals surface area (Å²) in [6.45, 7) is -0.651. The molecule has 9 heteroatoms. The van der Waals surface area contributed by atoms with Crippen molar-refractivity contribution in [2.24, 2.45) is 0 Å². The Kier molecular flexibility index (Phi) is 5.48. The highest BCUT2D eigenvalue weighted by molar-refractivity contribution is 6.01. The minimum absolute atomic E-state index is 0.0478. The summed E-state index contributed by atoms with van der Waals surface area (Å²) in [5.41, 5.74) is 1.21. The first-order valence-corrected chi connectivity index (χ1v) is 9.43. The van der Waals surface area contributed by atoms with Gasteiger partial charge in [0.1, 0.15) is 23.5 Å². The monoisotopic (exact) mass is 423 g/mol. The van der Waals surface area contributed by atoms with E-state index in [2.05, 4.69) is 4.98 Å². The van der Waals surface area contributed by atoms with Crippen LogP contribution in [0.4, 0.5) is 4.39 Å². The third kappa shape index (κ3) is 4.30. The third-order valence-electron chi connectivity index (χ3n) is 4.77. The lowest BCUT2D eigenvalue weighted by atomic mass is 10.2. The van der Waals surface area contributed by atoms with Gasteiger partial charge >= 0.3 is 5.97 Å². The van der Waals surface area contributed by atoms with Gasteiger partial charge in [0, 0.05) is 19.0 Å². The van der Waals surface area contributed by atoms with Crippen molar-refractivity contribution >= 4 is 33.9 Å². The van der Waals surface area contributed by atoms with Crippen molar-refractivity contribution in [2.45, 2.75) is 13.1 Å². The summed E-state index contributed by atoms with van der Waals surface area (Å²) in [5.74, 6) is -1.56. The van der Waals surface area contributed by atoms with E-state index in [1.807, 2.05) is 6.07 Å². The first-order chi connectivity index (χ1) is 14.9. The molecule has 2 heterocycles. The molecule has 0 spiro atoms. The first kappa shape index (κ1) is 20.3. The highest BCUT2D eigenvalue weighted by Gasteiger charge is 2.17. The third-order valence-corrected chi connectivity index (χ3v) is 4.77. The molecule has 2 aromatic heterocycles. The molecular weight excluding hydrogens is 405 g/mol. The number of aromatic nitrogens is 2. The number of hydrogen-bond donors (Lipinski definition) is 0. The van der Waals surface area contributed by atoms with E-state index in [1.54, 1.807) is 37.4 Å². The van der Waals surface area contributed by atoms with E-state index in [4.69, 9.17) is 9.15 Å². The maximum atomic E-state index is 13.0. The largest absolute Gasteiger partial charge is 0.454 e. The van der Waals surface area contributed by atoms with Gasteiger partial charge in [0.15, 0.2) is 6.61 Å². The summed E-state index contributed by atoms with van der Waals surface area (Å²) in [7, 11) is 1.55. The SMILES string of the molecule is CN(Cc1ccc(F)cc1)C(=O)COC(=O)Cn1cnc2c(oc3ccccc32)c1=O. The van der Waals surface area contributed by atoms with Crippen molar-refractivity contribution in [2.75, 3.05) is 13.7 Å². The maximum absolute atomic E-state index is 13.0. The zero-order valence-corrected chi connectivity index (χ0v) is 16.6. The summed E-state index contributed by atoms with van der Waals surface area (Å²) in [5, 5.41) is 0.708. The molecule has 0 bridgehead atoms. The lowest BCUT2D eigenvalue weighted by molar-refractivity contribution is -0.152. The number of fused-ring (bicyclic) bond motifs is 3. The molecule has 0 saturated carbocycles. The minimum Gasteiger partial charge on any atom is -0.454 e. The molecule has 0 fully saturated rings. The molecule has 4 rings (SSSR count). The topological polar surface area (TPSA) is 94.6 Å². The number of amides is 1. The second-order valence-electron chi connectivity index (χ2n) is 6.99. The van der Waals surface area contributed by atoms with Gasteiger partial charge in [0.2, 0.25) is 5.58 Å². The summed E-state index contributed by atoms with van der Waals surface area (Å²) < 4.78 is 24.6. The highest BCUT2D eigenvalue weighted by atomic mass is 19.1. The fraction of sp³-hybridized carbons (Fsp3) is 0.182. The fourth-order valence-corrected chi connectivity index (χ4v) is 3.12. The van der Waals surface area contributed by atoms with Crippen LogP contribution >= 0.6 is 0 Å². The van der Waals surface area contributed by atoms with Gasteiger partial charge in [-0.1, -0.05) is 24.3 Å². The zero-order valence-electron chi connectivity index (χ0n) is 16.6. The van der Waals surface area contributed by atoms with E-state index in [9.17, 15) is 18.8 Å². The van der Waals surface area contributed by atoms with Crippen LogP contribution in [0.5, 0.6) is 0 Å². The van der Waals surface area contributed by atoms with E-state index in [0.717, 1.165) is 10.1 Å². The molecule has 2 aromatic carbocycles. The molecule has 4 aromatic rings. The number of esters is 1. The molecule has 158 valence electrons. The number of ether oxygens (including phenoxy) is 1. The number of halogens is 1. The Morgan fingerprint density at radius 3 is 2.68 bits per heavy atom. The normalized spacial score (nSPS) is 11.0. The lowest BCUT2D eigenvalue weighted by Crippen LogP contribution is -2.32. The standard InChI is InChI=1S/C22H18FN3O5/c1-25(10-14-6-8-15(23)9-7-14)18(27)12-30-19(28)11-26-13-24-20-16-4-2-3-5-17(16)31-21(20)22(26)29/h2-9,13H,10-12H2,1H3. The smallest absolute Gasteiger partial charge is 0.326 e. The lowest BCUT2D eigenvalue weighted by Gasteiger charge is -2.17. The van der Waals surface area contributed by atoms with Gasteiger partial charge in [-0.05, 0) is 29.8 Å². The maximum Gasteiger partial charge on any atom is 0.326 e. The summed E-state index contributed by atoms with van der Waals surface area (Å²) in [6.07, 6.45) is 1.25. The van der Waals surface area contributed by atoms with E-state index in [-0.39, 0.29) is 17.9 Å². The molecule has 0 aliphatic rings. The van der Waals surface area contributed by atoms with Crippen LogP contribution in [0.1, 0.15) is 5.56 Å². The predicted molar refractivity (Wildman–Crippen MR) is 110 cm³/mol. The molecule has 0 aliphatic carbocycles. The van der Waals surface area contributed by atoms with E-state index in [1.165, 1.54) is 23.4 Å². The van der Waals surface area contributed by atoms with Crippen molar-refractivity contribution in [1.29, 1.82) is 0 Å². The van der Waals surface area contributed by atoms with Gasteiger partial charge in [-0.15, -0.1) is 0 Å².